The quantitative estimate of drug-likeness (QED) is 0.597. The molecule has 2 atom stereocenters. The molecule has 0 saturated heterocycles. The molecule has 6 nitrogen and oxygen atoms in total. The van der Waals surface area contributed by atoms with Crippen molar-refractivity contribution in [1.29, 1.82) is 0 Å². The molecular weight excluding hydrogens is 364 g/mol. The van der Waals surface area contributed by atoms with Gasteiger partial charge >= 0.3 is 5.97 Å². The Bertz CT molecular complexity index is 665. The first kappa shape index (κ1) is 21.3. The lowest BCUT2D eigenvalue weighted by atomic mass is 9.99. The Morgan fingerprint density at radius 3 is 2.81 bits per heavy atom. The zero-order chi connectivity index (χ0) is 19.6. The predicted molar refractivity (Wildman–Crippen MR) is 107 cm³/mol. The minimum Gasteiger partial charge on any atom is -0.456 e. The summed E-state index contributed by atoms with van der Waals surface area (Å²) in [5.74, 6) is -0.617. The number of rotatable bonds is 10. The summed E-state index contributed by atoms with van der Waals surface area (Å²) in [4.78, 5) is 36.9. The molecule has 0 unspecified atom stereocenters. The highest BCUT2D eigenvalue weighted by molar-refractivity contribution is 8.01. The van der Waals surface area contributed by atoms with E-state index in [1.807, 2.05) is 24.3 Å². The number of unbranched alkanes of at least 4 members (excludes halogenated alkanes) is 1. The number of thioether (sulfide) groups is 1. The first-order valence-electron chi connectivity index (χ1n) is 9.52. The number of esters is 1. The molecule has 7 heteroatoms. The van der Waals surface area contributed by atoms with Crippen molar-refractivity contribution in [3.8, 4) is 0 Å². The largest absolute Gasteiger partial charge is 0.456 e. The van der Waals surface area contributed by atoms with Crippen LogP contribution in [0, 0.1) is 5.92 Å². The number of hydrogen-bond donors (Lipinski definition) is 2. The summed E-state index contributed by atoms with van der Waals surface area (Å²) >= 11 is 1.34. The summed E-state index contributed by atoms with van der Waals surface area (Å²) in [6.45, 7) is 4.55. The lowest BCUT2D eigenvalue weighted by molar-refractivity contribution is -0.149. The monoisotopic (exact) mass is 392 g/mol. The van der Waals surface area contributed by atoms with E-state index in [-0.39, 0.29) is 24.8 Å². The summed E-state index contributed by atoms with van der Waals surface area (Å²) < 4.78 is 5.05. The summed E-state index contributed by atoms with van der Waals surface area (Å²) in [5.41, 5.74) is 0.755. The van der Waals surface area contributed by atoms with Crippen molar-refractivity contribution in [2.75, 3.05) is 18.5 Å². The fourth-order valence-electron chi connectivity index (χ4n) is 2.84. The molecule has 0 saturated carbocycles. The van der Waals surface area contributed by atoms with Crippen molar-refractivity contribution < 1.29 is 19.1 Å². The zero-order valence-corrected chi connectivity index (χ0v) is 16.8. The van der Waals surface area contributed by atoms with Gasteiger partial charge in [0.15, 0.2) is 6.61 Å². The number of ether oxygens (including phenoxy) is 1. The third-order valence-corrected chi connectivity index (χ3v) is 5.83. The van der Waals surface area contributed by atoms with Crippen LogP contribution in [0.25, 0.3) is 0 Å². The van der Waals surface area contributed by atoms with E-state index in [0.717, 1.165) is 36.3 Å². The fourth-order valence-corrected chi connectivity index (χ4v) is 3.93. The second kappa shape index (κ2) is 11.0. The minimum absolute atomic E-state index is 0.0633. The molecule has 0 spiro atoms. The van der Waals surface area contributed by atoms with Gasteiger partial charge in [-0.3, -0.25) is 14.4 Å². The van der Waals surface area contributed by atoms with Gasteiger partial charge in [-0.1, -0.05) is 45.2 Å². The lowest BCUT2D eigenvalue weighted by Crippen LogP contribution is -2.34. The number of carbonyl (C=O) groups is 3. The van der Waals surface area contributed by atoms with Gasteiger partial charge in [0.05, 0.1) is 17.4 Å². The Morgan fingerprint density at radius 1 is 1.30 bits per heavy atom. The van der Waals surface area contributed by atoms with E-state index < -0.39 is 11.2 Å². The number of fused-ring (bicyclic) bond motifs is 1. The Balaban J connectivity index is 1.71. The number of para-hydroxylation sites is 1. The van der Waals surface area contributed by atoms with E-state index in [4.69, 9.17) is 4.74 Å². The maximum absolute atomic E-state index is 12.1. The number of benzene rings is 1. The van der Waals surface area contributed by atoms with Gasteiger partial charge in [0, 0.05) is 11.4 Å². The Morgan fingerprint density at radius 2 is 2.07 bits per heavy atom. The SMILES string of the molecule is CCCC[C@H](CC)CNC(=O)COC(=O)C[C@H]1Sc2ccccc2NC1=O. The van der Waals surface area contributed by atoms with Gasteiger partial charge in [0.1, 0.15) is 0 Å². The van der Waals surface area contributed by atoms with Crippen LogP contribution in [0.5, 0.6) is 0 Å². The summed E-state index contributed by atoms with van der Waals surface area (Å²) in [7, 11) is 0. The van der Waals surface area contributed by atoms with Crippen LogP contribution in [0.2, 0.25) is 0 Å². The highest BCUT2D eigenvalue weighted by atomic mass is 32.2. The first-order chi connectivity index (χ1) is 13.0. The molecule has 0 aromatic heterocycles. The fraction of sp³-hybridized carbons (Fsp3) is 0.550. The molecule has 1 heterocycles. The maximum Gasteiger partial charge on any atom is 0.307 e. The summed E-state index contributed by atoms with van der Waals surface area (Å²) in [6, 6.07) is 7.45. The van der Waals surface area contributed by atoms with E-state index in [0.29, 0.717) is 12.5 Å². The number of hydrogen-bond acceptors (Lipinski definition) is 5. The van der Waals surface area contributed by atoms with Gasteiger partial charge in [-0.2, -0.15) is 0 Å². The zero-order valence-electron chi connectivity index (χ0n) is 16.0. The van der Waals surface area contributed by atoms with E-state index in [2.05, 4.69) is 24.5 Å². The van der Waals surface area contributed by atoms with Crippen molar-refractivity contribution in [3.05, 3.63) is 24.3 Å². The second-order valence-corrected chi connectivity index (χ2v) is 7.92. The normalized spacial score (nSPS) is 16.8. The second-order valence-electron chi connectivity index (χ2n) is 6.68. The molecule has 1 aliphatic rings. The third kappa shape index (κ3) is 6.90. The molecule has 2 N–H and O–H groups in total. The molecule has 27 heavy (non-hydrogen) atoms. The topological polar surface area (TPSA) is 84.5 Å². The summed E-state index contributed by atoms with van der Waals surface area (Å²) in [5, 5.41) is 5.06. The average Bonchev–Trinajstić information content (AvgIpc) is 2.67. The van der Waals surface area contributed by atoms with E-state index in [1.54, 1.807) is 0 Å². The molecule has 1 aromatic rings. The Hall–Kier alpha value is -2.02. The highest BCUT2D eigenvalue weighted by Gasteiger charge is 2.29. The van der Waals surface area contributed by atoms with Gasteiger partial charge in [0.25, 0.3) is 5.91 Å². The number of nitrogens with one attached hydrogen (secondary N) is 2. The standard InChI is InChI=1S/C20H28N2O4S/c1-3-5-8-14(4-2)12-21-18(23)13-26-19(24)11-17-20(25)22-15-9-6-7-10-16(15)27-17/h6-7,9-10,14,17H,3-5,8,11-13H2,1-2H3,(H,21,23)(H,22,25)/t14-,17+/m0/s1. The van der Waals surface area contributed by atoms with Crippen LogP contribution in [0.15, 0.2) is 29.2 Å². The van der Waals surface area contributed by atoms with Crippen molar-refractivity contribution in [2.45, 2.75) is 56.1 Å². The molecule has 0 radical (unpaired) electrons. The van der Waals surface area contributed by atoms with Gasteiger partial charge in [-0.05, 0) is 24.5 Å². The molecule has 148 valence electrons. The van der Waals surface area contributed by atoms with Gasteiger partial charge in [0.2, 0.25) is 5.91 Å². The molecule has 0 fully saturated rings. The molecule has 2 amide bonds. The third-order valence-electron chi connectivity index (χ3n) is 4.55. The van der Waals surface area contributed by atoms with Gasteiger partial charge in [-0.25, -0.2) is 0 Å². The average molecular weight is 393 g/mol. The Kier molecular flexibility index (Phi) is 8.64. The number of anilines is 1. The van der Waals surface area contributed by atoms with Crippen molar-refractivity contribution in [1.82, 2.24) is 5.32 Å². The van der Waals surface area contributed by atoms with Crippen molar-refractivity contribution >= 4 is 35.2 Å². The summed E-state index contributed by atoms with van der Waals surface area (Å²) in [6.07, 6.45) is 4.32. The Labute approximate surface area is 164 Å². The minimum atomic E-state index is -0.547. The van der Waals surface area contributed by atoms with Crippen LogP contribution in [0.1, 0.15) is 46.0 Å². The van der Waals surface area contributed by atoms with Crippen LogP contribution < -0.4 is 10.6 Å². The molecule has 1 aromatic carbocycles. The molecule has 0 bridgehead atoms. The van der Waals surface area contributed by atoms with E-state index in [1.165, 1.54) is 11.8 Å². The van der Waals surface area contributed by atoms with Crippen LogP contribution in [0.4, 0.5) is 5.69 Å². The van der Waals surface area contributed by atoms with Crippen LogP contribution in [-0.4, -0.2) is 36.2 Å². The molecule has 1 aliphatic heterocycles. The van der Waals surface area contributed by atoms with Crippen LogP contribution in [0.3, 0.4) is 0 Å². The lowest BCUT2D eigenvalue weighted by Gasteiger charge is -2.23. The molecular formula is C20H28N2O4S. The molecule has 0 aliphatic carbocycles. The van der Waals surface area contributed by atoms with E-state index in [9.17, 15) is 14.4 Å². The number of amides is 2. The van der Waals surface area contributed by atoms with Crippen LogP contribution >= 0.6 is 11.8 Å². The molecule has 2 rings (SSSR count). The van der Waals surface area contributed by atoms with Crippen LogP contribution in [-0.2, 0) is 19.1 Å². The van der Waals surface area contributed by atoms with Gasteiger partial charge < -0.3 is 15.4 Å². The van der Waals surface area contributed by atoms with E-state index >= 15 is 0 Å². The maximum atomic E-state index is 12.1. The van der Waals surface area contributed by atoms with Crippen molar-refractivity contribution in [3.63, 3.8) is 0 Å². The highest BCUT2D eigenvalue weighted by Crippen LogP contribution is 2.36. The predicted octanol–water partition coefficient (Wildman–Crippen LogP) is 3.37. The smallest absolute Gasteiger partial charge is 0.307 e. The first-order valence-corrected chi connectivity index (χ1v) is 10.4. The number of carbonyl (C=O) groups excluding carboxylic acids is 3. The van der Waals surface area contributed by atoms with Gasteiger partial charge in [-0.15, -0.1) is 11.8 Å². The van der Waals surface area contributed by atoms with Crippen molar-refractivity contribution in [2.24, 2.45) is 5.92 Å².